The molecule has 5 nitrogen and oxygen atoms in total. The minimum absolute atomic E-state index is 0.160. The first kappa shape index (κ1) is 18.2. The van der Waals surface area contributed by atoms with Crippen LogP contribution in [0.25, 0.3) is 11.3 Å². The molecule has 0 aliphatic carbocycles. The average molecular weight is 384 g/mol. The predicted molar refractivity (Wildman–Crippen MR) is 97.5 cm³/mol. The first-order valence-corrected chi connectivity index (χ1v) is 8.96. The number of hydrogen-bond acceptors (Lipinski definition) is 4. The van der Waals surface area contributed by atoms with Crippen molar-refractivity contribution in [2.24, 2.45) is 0 Å². The molecule has 0 radical (unpaired) electrons. The minimum atomic E-state index is -0.956. The fourth-order valence-corrected chi connectivity index (χ4v) is 3.28. The van der Waals surface area contributed by atoms with Crippen molar-refractivity contribution in [2.75, 3.05) is 6.54 Å². The second-order valence-corrected chi connectivity index (χ2v) is 6.64. The molecule has 0 saturated heterocycles. The number of para-hydroxylation sites is 1. The van der Waals surface area contributed by atoms with Crippen LogP contribution in [0.4, 0.5) is 8.78 Å². The van der Waals surface area contributed by atoms with Crippen molar-refractivity contribution < 1.29 is 22.8 Å². The van der Waals surface area contributed by atoms with Gasteiger partial charge in [0.25, 0.3) is 5.91 Å². The van der Waals surface area contributed by atoms with E-state index in [0.717, 1.165) is 12.1 Å². The minimum Gasteiger partial charge on any atom is -0.481 e. The molecular weight excluding hydrogens is 366 g/mol. The van der Waals surface area contributed by atoms with Gasteiger partial charge in [0.15, 0.2) is 17.7 Å². The molecule has 2 aromatic carbocycles. The van der Waals surface area contributed by atoms with E-state index in [4.69, 9.17) is 9.26 Å². The van der Waals surface area contributed by atoms with Crippen LogP contribution >= 0.6 is 0 Å². The van der Waals surface area contributed by atoms with Gasteiger partial charge in [0.1, 0.15) is 17.2 Å². The Hall–Kier alpha value is -3.22. The molecule has 1 amide bonds. The average Bonchev–Trinajstić information content (AvgIpc) is 3.13. The van der Waals surface area contributed by atoms with Crippen LogP contribution < -0.4 is 4.74 Å². The summed E-state index contributed by atoms with van der Waals surface area (Å²) in [7, 11) is 0. The molecule has 0 spiro atoms. The van der Waals surface area contributed by atoms with Gasteiger partial charge in [-0.15, -0.1) is 0 Å². The van der Waals surface area contributed by atoms with Crippen LogP contribution in [-0.2, 0) is 17.8 Å². The summed E-state index contributed by atoms with van der Waals surface area (Å²) in [6, 6.07) is 12.7. The van der Waals surface area contributed by atoms with Crippen molar-refractivity contribution in [1.29, 1.82) is 0 Å². The molecule has 0 fully saturated rings. The highest BCUT2D eigenvalue weighted by Crippen LogP contribution is 2.31. The van der Waals surface area contributed by atoms with E-state index in [1.54, 1.807) is 24.0 Å². The highest BCUT2D eigenvalue weighted by Gasteiger charge is 2.30. The summed E-state index contributed by atoms with van der Waals surface area (Å²) in [6.45, 7) is 2.45. The van der Waals surface area contributed by atoms with Crippen molar-refractivity contribution in [3.05, 3.63) is 71.5 Å². The van der Waals surface area contributed by atoms with Gasteiger partial charge in [0, 0.05) is 24.1 Å². The first-order valence-electron chi connectivity index (χ1n) is 8.96. The molecule has 0 N–H and O–H groups in total. The molecule has 7 heteroatoms. The summed E-state index contributed by atoms with van der Waals surface area (Å²) < 4.78 is 37.9. The van der Waals surface area contributed by atoms with E-state index in [-0.39, 0.29) is 12.5 Å². The summed E-state index contributed by atoms with van der Waals surface area (Å²) in [4.78, 5) is 14.5. The molecule has 2 heterocycles. The number of halogens is 2. The SMILES string of the molecule is C[C@H](Oc1ccccc1)C(=O)N1CCc2onc(-c3ccc(F)c(F)c3)c2C1. The zero-order chi connectivity index (χ0) is 19.7. The topological polar surface area (TPSA) is 55.6 Å². The molecule has 144 valence electrons. The van der Waals surface area contributed by atoms with E-state index >= 15 is 0 Å². The fourth-order valence-electron chi connectivity index (χ4n) is 3.28. The van der Waals surface area contributed by atoms with Crippen molar-refractivity contribution >= 4 is 5.91 Å². The van der Waals surface area contributed by atoms with Crippen LogP contribution in [0.5, 0.6) is 5.75 Å². The zero-order valence-electron chi connectivity index (χ0n) is 15.2. The van der Waals surface area contributed by atoms with E-state index in [9.17, 15) is 13.6 Å². The van der Waals surface area contributed by atoms with Crippen LogP contribution in [0, 0.1) is 11.6 Å². The Morgan fingerprint density at radius 1 is 1.18 bits per heavy atom. The normalized spacial score (nSPS) is 14.5. The number of aromatic nitrogens is 1. The lowest BCUT2D eigenvalue weighted by atomic mass is 10.0. The van der Waals surface area contributed by atoms with E-state index in [1.807, 2.05) is 18.2 Å². The lowest BCUT2D eigenvalue weighted by Gasteiger charge is -2.29. The molecule has 1 aromatic heterocycles. The quantitative estimate of drug-likeness (QED) is 0.683. The predicted octanol–water partition coefficient (Wildman–Crippen LogP) is 3.97. The van der Waals surface area contributed by atoms with Crippen LogP contribution in [-0.4, -0.2) is 28.6 Å². The Morgan fingerprint density at radius 2 is 1.96 bits per heavy atom. The summed E-state index contributed by atoms with van der Waals surface area (Å²) in [5, 5.41) is 4.01. The maximum atomic E-state index is 13.6. The van der Waals surface area contributed by atoms with Gasteiger partial charge in [-0.3, -0.25) is 4.79 Å². The van der Waals surface area contributed by atoms with Crippen LogP contribution in [0.2, 0.25) is 0 Å². The second kappa shape index (κ2) is 7.42. The summed E-state index contributed by atoms with van der Waals surface area (Å²) in [5.74, 6) is -0.770. The molecule has 0 unspecified atom stereocenters. The smallest absolute Gasteiger partial charge is 0.263 e. The zero-order valence-corrected chi connectivity index (χ0v) is 15.2. The Morgan fingerprint density at radius 3 is 2.71 bits per heavy atom. The van der Waals surface area contributed by atoms with Crippen LogP contribution in [0.3, 0.4) is 0 Å². The Bertz CT molecular complexity index is 1000. The van der Waals surface area contributed by atoms with Gasteiger partial charge in [0.05, 0.1) is 6.54 Å². The summed E-state index contributed by atoms with van der Waals surface area (Å²) in [6.07, 6.45) is -0.161. The van der Waals surface area contributed by atoms with E-state index in [1.165, 1.54) is 6.07 Å². The van der Waals surface area contributed by atoms with E-state index in [0.29, 0.717) is 41.3 Å². The number of rotatable bonds is 4. The number of ether oxygens (including phenoxy) is 1. The molecule has 1 atom stereocenters. The fraction of sp³-hybridized carbons (Fsp3) is 0.238. The highest BCUT2D eigenvalue weighted by atomic mass is 19.2. The second-order valence-electron chi connectivity index (χ2n) is 6.64. The molecule has 28 heavy (non-hydrogen) atoms. The molecule has 3 aromatic rings. The Balaban J connectivity index is 1.53. The Kier molecular flexibility index (Phi) is 4.81. The number of carbonyl (C=O) groups excluding carboxylic acids is 1. The number of benzene rings is 2. The molecule has 1 aliphatic heterocycles. The van der Waals surface area contributed by atoms with E-state index < -0.39 is 17.7 Å². The Labute approximate surface area is 160 Å². The monoisotopic (exact) mass is 384 g/mol. The number of nitrogens with zero attached hydrogens (tertiary/aromatic N) is 2. The van der Waals surface area contributed by atoms with Crippen molar-refractivity contribution in [3.8, 4) is 17.0 Å². The highest BCUT2D eigenvalue weighted by molar-refractivity contribution is 5.81. The largest absolute Gasteiger partial charge is 0.481 e. The number of amides is 1. The van der Waals surface area contributed by atoms with Crippen molar-refractivity contribution in [3.63, 3.8) is 0 Å². The maximum absolute atomic E-state index is 13.6. The lowest BCUT2D eigenvalue weighted by molar-refractivity contribution is -0.139. The third kappa shape index (κ3) is 3.47. The molecule has 0 bridgehead atoms. The summed E-state index contributed by atoms with van der Waals surface area (Å²) >= 11 is 0. The van der Waals surface area contributed by atoms with Gasteiger partial charge in [-0.1, -0.05) is 23.4 Å². The lowest BCUT2D eigenvalue weighted by Crippen LogP contribution is -2.43. The summed E-state index contributed by atoms with van der Waals surface area (Å²) in [5.41, 5.74) is 1.53. The van der Waals surface area contributed by atoms with Crippen LogP contribution in [0.15, 0.2) is 53.1 Å². The molecule has 1 aliphatic rings. The van der Waals surface area contributed by atoms with Crippen molar-refractivity contribution in [2.45, 2.75) is 26.0 Å². The van der Waals surface area contributed by atoms with Gasteiger partial charge in [-0.25, -0.2) is 8.78 Å². The third-order valence-electron chi connectivity index (χ3n) is 4.74. The van der Waals surface area contributed by atoms with Crippen molar-refractivity contribution in [1.82, 2.24) is 10.1 Å². The standard InChI is InChI=1S/C21H18F2N2O3/c1-13(27-15-5-3-2-4-6-15)21(26)25-10-9-19-16(12-25)20(24-28-19)14-7-8-17(22)18(23)11-14/h2-8,11,13H,9-10,12H2,1H3/t13-/m0/s1. The van der Waals surface area contributed by atoms with Gasteiger partial charge < -0.3 is 14.2 Å². The third-order valence-corrected chi connectivity index (χ3v) is 4.74. The van der Waals surface area contributed by atoms with Gasteiger partial charge >= 0.3 is 0 Å². The maximum Gasteiger partial charge on any atom is 0.263 e. The van der Waals surface area contributed by atoms with Gasteiger partial charge in [-0.2, -0.15) is 0 Å². The molecule has 4 rings (SSSR count). The molecule has 0 saturated carbocycles. The van der Waals surface area contributed by atoms with E-state index in [2.05, 4.69) is 5.16 Å². The first-order chi connectivity index (χ1) is 13.5. The number of hydrogen-bond donors (Lipinski definition) is 0. The van der Waals surface area contributed by atoms with Gasteiger partial charge in [-0.05, 0) is 37.3 Å². The number of carbonyl (C=O) groups is 1. The van der Waals surface area contributed by atoms with Crippen LogP contribution in [0.1, 0.15) is 18.2 Å². The number of fused-ring (bicyclic) bond motifs is 1. The molecular formula is C21H18F2N2O3. The van der Waals surface area contributed by atoms with Gasteiger partial charge in [0.2, 0.25) is 0 Å².